The van der Waals surface area contributed by atoms with Crippen molar-refractivity contribution in [1.29, 1.82) is 0 Å². The molecule has 3 aliphatic carbocycles. The highest BCUT2D eigenvalue weighted by atomic mass is 16.5. The molecule has 0 spiro atoms. The summed E-state index contributed by atoms with van der Waals surface area (Å²) in [6.45, 7) is 0.114. The summed E-state index contributed by atoms with van der Waals surface area (Å²) >= 11 is 0. The molecule has 0 aliphatic heterocycles. The van der Waals surface area contributed by atoms with Crippen LogP contribution >= 0.6 is 0 Å². The van der Waals surface area contributed by atoms with Gasteiger partial charge in [-0.15, -0.1) is 0 Å². The smallest absolute Gasteiger partial charge is 0.265 e. The number of rotatable bonds is 3. The Kier molecular flexibility index (Phi) is 4.52. The van der Waals surface area contributed by atoms with E-state index in [4.69, 9.17) is 15.0 Å². The topological polar surface area (TPSA) is 136 Å². The monoisotopic (exact) mass is 458 g/mol. The molecule has 0 unspecified atom stereocenters. The Balaban J connectivity index is 1.41. The van der Waals surface area contributed by atoms with Gasteiger partial charge in [0.2, 0.25) is 11.6 Å². The average Bonchev–Trinajstić information content (AvgIpc) is 3.28. The van der Waals surface area contributed by atoms with E-state index in [-0.39, 0.29) is 47.5 Å². The number of carbonyl (C=O) groups excluding carboxylic acids is 2. The second-order valence-corrected chi connectivity index (χ2v) is 9.11. The van der Waals surface area contributed by atoms with E-state index in [0.717, 1.165) is 11.1 Å². The van der Waals surface area contributed by atoms with E-state index in [2.05, 4.69) is 5.16 Å². The summed E-state index contributed by atoms with van der Waals surface area (Å²) < 4.78 is 11.1. The number of aliphatic hydroxyl groups is 2. The van der Waals surface area contributed by atoms with Crippen molar-refractivity contribution in [1.82, 2.24) is 5.16 Å². The zero-order chi connectivity index (χ0) is 23.6. The number of hydrogen-bond acceptors (Lipinski definition) is 8. The summed E-state index contributed by atoms with van der Waals surface area (Å²) in [5.74, 6) is -3.17. The number of aromatic nitrogens is 1. The Bertz CT molecular complexity index is 1360. The minimum absolute atomic E-state index is 0.0738. The third-order valence-electron chi connectivity index (χ3n) is 7.28. The molecule has 3 aliphatic rings. The number of nitrogens with zero attached hydrogens (tertiary/aromatic N) is 1. The van der Waals surface area contributed by atoms with Gasteiger partial charge in [0.15, 0.2) is 11.4 Å². The van der Waals surface area contributed by atoms with Gasteiger partial charge in [-0.05, 0) is 35.0 Å². The van der Waals surface area contributed by atoms with Gasteiger partial charge in [0.1, 0.15) is 17.9 Å². The van der Waals surface area contributed by atoms with Gasteiger partial charge in [-0.1, -0.05) is 54.6 Å². The molecule has 1 heterocycles. The number of nitrogens with two attached hydrogens (primary N) is 1. The predicted octanol–water partition coefficient (Wildman–Crippen LogP) is 2.91. The maximum atomic E-state index is 13.7. The number of hydrogen-bond donors (Lipinski definition) is 3. The van der Waals surface area contributed by atoms with E-state index in [1.165, 1.54) is 0 Å². The van der Waals surface area contributed by atoms with Crippen LogP contribution in [0, 0.1) is 11.8 Å². The first kappa shape index (κ1) is 20.8. The lowest BCUT2D eigenvalue weighted by atomic mass is 9.57. The number of ether oxygens (including phenoxy) is 1. The quantitative estimate of drug-likeness (QED) is 0.510. The molecule has 0 saturated heterocycles. The molecule has 0 bridgehead atoms. The Hall–Kier alpha value is -3.75. The predicted molar refractivity (Wildman–Crippen MR) is 120 cm³/mol. The van der Waals surface area contributed by atoms with E-state index in [0.29, 0.717) is 12.0 Å². The van der Waals surface area contributed by atoms with E-state index >= 15 is 0 Å². The molecule has 1 fully saturated rings. The first-order valence-electron chi connectivity index (χ1n) is 11.2. The minimum atomic E-state index is -2.44. The summed E-state index contributed by atoms with van der Waals surface area (Å²) in [5.41, 5.74) is 6.25. The third kappa shape index (κ3) is 2.76. The molecule has 34 heavy (non-hydrogen) atoms. The molecule has 2 aromatic carbocycles. The highest BCUT2D eigenvalue weighted by Gasteiger charge is 2.64. The van der Waals surface area contributed by atoms with Crippen molar-refractivity contribution in [3.63, 3.8) is 0 Å². The lowest BCUT2D eigenvalue weighted by Crippen LogP contribution is -2.62. The second-order valence-electron chi connectivity index (χ2n) is 9.11. The van der Waals surface area contributed by atoms with Gasteiger partial charge in [-0.3, -0.25) is 9.59 Å². The first-order valence-corrected chi connectivity index (χ1v) is 11.2. The number of fused-ring (bicyclic) bond motifs is 4. The first-order chi connectivity index (χ1) is 16.4. The number of aliphatic hydroxyl groups excluding tert-OH is 1. The number of ketones is 2. The molecule has 6 rings (SSSR count). The van der Waals surface area contributed by atoms with Crippen LogP contribution < -0.4 is 10.5 Å². The Morgan fingerprint density at radius 1 is 1.09 bits per heavy atom. The number of carbonyl (C=O) groups is 2. The Morgan fingerprint density at radius 3 is 2.62 bits per heavy atom. The molecule has 1 aromatic heterocycles. The van der Waals surface area contributed by atoms with Crippen LogP contribution in [-0.2, 0) is 17.8 Å². The van der Waals surface area contributed by atoms with Crippen LogP contribution in [-0.4, -0.2) is 32.5 Å². The van der Waals surface area contributed by atoms with Crippen molar-refractivity contribution in [2.24, 2.45) is 17.6 Å². The van der Waals surface area contributed by atoms with Crippen LogP contribution in [0.3, 0.4) is 0 Å². The molecule has 0 radical (unpaired) electrons. The summed E-state index contributed by atoms with van der Waals surface area (Å²) in [4.78, 5) is 27.3. The number of Topliss-reactive ketones (excluding diaryl/α,β-unsaturated/α-hetero) is 2. The van der Waals surface area contributed by atoms with Crippen molar-refractivity contribution in [3.8, 4) is 5.88 Å². The fourth-order valence-corrected chi connectivity index (χ4v) is 5.58. The standard InChI is InChI=1S/C26H22N2O6/c27-20-17-11-15-10-14-8-4-5-9-16(14)21(29)18(15)23(30)26(17,32)24(31)19-22(20)34-28-25(19)33-12-13-6-2-1-3-7-13/h1-9,15,17,20,29,32H,10-12,27H2/t15-,17-,20-,26-/m0/s1. The molecule has 172 valence electrons. The molecular formula is C26H22N2O6. The Labute approximate surface area is 194 Å². The van der Waals surface area contributed by atoms with Crippen molar-refractivity contribution in [2.45, 2.75) is 31.1 Å². The van der Waals surface area contributed by atoms with Gasteiger partial charge in [-0.2, -0.15) is 0 Å². The lowest BCUT2D eigenvalue weighted by Gasteiger charge is -2.47. The molecule has 0 amide bonds. The molecule has 8 heteroatoms. The van der Waals surface area contributed by atoms with E-state index < -0.39 is 29.1 Å². The lowest BCUT2D eigenvalue weighted by molar-refractivity contribution is -0.140. The zero-order valence-electron chi connectivity index (χ0n) is 18.1. The van der Waals surface area contributed by atoms with Gasteiger partial charge >= 0.3 is 0 Å². The average molecular weight is 458 g/mol. The van der Waals surface area contributed by atoms with Crippen molar-refractivity contribution < 1.29 is 29.1 Å². The summed E-state index contributed by atoms with van der Waals surface area (Å²) in [5, 5.41) is 26.5. The molecule has 3 aromatic rings. The highest BCUT2D eigenvalue weighted by Crippen LogP contribution is 2.53. The van der Waals surface area contributed by atoms with Gasteiger partial charge < -0.3 is 25.2 Å². The maximum absolute atomic E-state index is 13.7. The van der Waals surface area contributed by atoms with Crippen LogP contribution in [0.1, 0.15) is 45.3 Å². The molecular weight excluding hydrogens is 436 g/mol. The second kappa shape index (κ2) is 7.38. The van der Waals surface area contributed by atoms with E-state index in [1.54, 1.807) is 12.1 Å². The summed E-state index contributed by atoms with van der Waals surface area (Å²) in [7, 11) is 0. The molecule has 4 N–H and O–H groups in total. The van der Waals surface area contributed by atoms with Crippen LogP contribution in [0.5, 0.6) is 5.88 Å². The van der Waals surface area contributed by atoms with E-state index in [1.807, 2.05) is 42.5 Å². The van der Waals surface area contributed by atoms with Crippen LogP contribution in [0.15, 0.2) is 64.7 Å². The van der Waals surface area contributed by atoms with Gasteiger partial charge in [0.25, 0.3) is 5.88 Å². The van der Waals surface area contributed by atoms with Crippen molar-refractivity contribution >= 4 is 17.3 Å². The van der Waals surface area contributed by atoms with Crippen LogP contribution in [0.4, 0.5) is 0 Å². The fraction of sp³-hybridized carbons (Fsp3) is 0.269. The molecule has 4 atom stereocenters. The van der Waals surface area contributed by atoms with Crippen LogP contribution in [0.25, 0.3) is 5.76 Å². The number of benzene rings is 2. The SMILES string of the molecule is N[C@@H]1c2onc(OCc3ccccc3)c2C(=O)[C@@]2(O)C(=O)C3=C(O)c4ccccc4C[C@H]3C[C@@H]12. The minimum Gasteiger partial charge on any atom is -0.507 e. The largest absolute Gasteiger partial charge is 0.507 e. The van der Waals surface area contributed by atoms with Gasteiger partial charge in [0.05, 0.1) is 6.04 Å². The summed E-state index contributed by atoms with van der Waals surface area (Å²) in [6, 6.07) is 15.6. The molecule has 8 nitrogen and oxygen atoms in total. The maximum Gasteiger partial charge on any atom is 0.265 e. The highest BCUT2D eigenvalue weighted by molar-refractivity contribution is 6.26. The fourth-order valence-electron chi connectivity index (χ4n) is 5.58. The van der Waals surface area contributed by atoms with Crippen molar-refractivity contribution in [2.75, 3.05) is 0 Å². The van der Waals surface area contributed by atoms with Gasteiger partial charge in [0, 0.05) is 17.1 Å². The van der Waals surface area contributed by atoms with E-state index in [9.17, 15) is 19.8 Å². The Morgan fingerprint density at radius 2 is 1.82 bits per heavy atom. The summed E-state index contributed by atoms with van der Waals surface area (Å²) in [6.07, 6.45) is 0.743. The molecule has 1 saturated carbocycles. The van der Waals surface area contributed by atoms with Crippen molar-refractivity contribution in [3.05, 3.63) is 88.2 Å². The van der Waals surface area contributed by atoms with Gasteiger partial charge in [-0.25, -0.2) is 0 Å². The zero-order valence-corrected chi connectivity index (χ0v) is 18.1. The van der Waals surface area contributed by atoms with Crippen LogP contribution in [0.2, 0.25) is 0 Å². The normalized spacial score (nSPS) is 27.5. The third-order valence-corrected chi connectivity index (χ3v) is 7.28.